The second kappa shape index (κ2) is 7.72. The molecule has 2 heterocycles. The van der Waals surface area contributed by atoms with Crippen LogP contribution in [0.4, 0.5) is 20.7 Å². The van der Waals surface area contributed by atoms with Crippen molar-refractivity contribution in [3.05, 3.63) is 48.7 Å². The van der Waals surface area contributed by atoms with Crippen LogP contribution in [0.2, 0.25) is 0 Å². The SMILES string of the molecule is O=C(NCC1CCN(c2cnccn2)CC1)Nc1ccccc1F. The van der Waals surface area contributed by atoms with E-state index < -0.39 is 5.82 Å². The Kier molecular flexibility index (Phi) is 5.20. The highest BCUT2D eigenvalue weighted by Gasteiger charge is 2.20. The molecular weight excluding hydrogens is 309 g/mol. The van der Waals surface area contributed by atoms with Crippen molar-refractivity contribution in [1.82, 2.24) is 15.3 Å². The standard InChI is InChI=1S/C17H20FN5O/c18-14-3-1-2-4-15(14)22-17(24)21-11-13-5-9-23(10-6-13)16-12-19-7-8-20-16/h1-4,7-8,12-13H,5-6,9-11H2,(H2,21,22,24). The van der Waals surface area contributed by atoms with E-state index in [-0.39, 0.29) is 11.7 Å². The van der Waals surface area contributed by atoms with Gasteiger partial charge in [0.05, 0.1) is 11.9 Å². The maximum Gasteiger partial charge on any atom is 0.319 e. The summed E-state index contributed by atoms with van der Waals surface area (Å²) in [5.74, 6) is 0.857. The van der Waals surface area contributed by atoms with Gasteiger partial charge in [0, 0.05) is 32.0 Å². The fraction of sp³-hybridized carbons (Fsp3) is 0.353. The normalized spacial score (nSPS) is 15.1. The fourth-order valence-corrected chi connectivity index (χ4v) is 2.79. The highest BCUT2D eigenvalue weighted by atomic mass is 19.1. The Hall–Kier alpha value is -2.70. The third-order valence-corrected chi connectivity index (χ3v) is 4.16. The number of amides is 2. The Morgan fingerprint density at radius 3 is 2.75 bits per heavy atom. The zero-order valence-corrected chi connectivity index (χ0v) is 13.3. The lowest BCUT2D eigenvalue weighted by molar-refractivity contribution is 0.248. The number of rotatable bonds is 4. The van der Waals surface area contributed by atoms with Crippen LogP contribution >= 0.6 is 0 Å². The number of piperidine rings is 1. The zero-order chi connectivity index (χ0) is 16.8. The van der Waals surface area contributed by atoms with Crippen molar-refractivity contribution in [2.45, 2.75) is 12.8 Å². The van der Waals surface area contributed by atoms with E-state index in [2.05, 4.69) is 25.5 Å². The fourth-order valence-electron chi connectivity index (χ4n) is 2.79. The molecule has 126 valence electrons. The van der Waals surface area contributed by atoms with Gasteiger partial charge < -0.3 is 15.5 Å². The average Bonchev–Trinajstić information content (AvgIpc) is 2.63. The van der Waals surface area contributed by atoms with Crippen LogP contribution in [-0.4, -0.2) is 35.6 Å². The van der Waals surface area contributed by atoms with Gasteiger partial charge in [-0.25, -0.2) is 14.2 Å². The zero-order valence-electron chi connectivity index (χ0n) is 13.3. The summed E-state index contributed by atoms with van der Waals surface area (Å²) in [5.41, 5.74) is 0.187. The molecule has 0 bridgehead atoms. The predicted molar refractivity (Wildman–Crippen MR) is 90.4 cm³/mol. The van der Waals surface area contributed by atoms with Crippen molar-refractivity contribution in [3.8, 4) is 0 Å². The molecule has 0 radical (unpaired) electrons. The number of benzene rings is 1. The van der Waals surface area contributed by atoms with Crippen LogP contribution in [0.5, 0.6) is 0 Å². The van der Waals surface area contributed by atoms with E-state index in [1.165, 1.54) is 12.1 Å². The number of aromatic nitrogens is 2. The van der Waals surface area contributed by atoms with Crippen molar-refractivity contribution >= 4 is 17.5 Å². The molecule has 2 N–H and O–H groups in total. The Morgan fingerprint density at radius 2 is 2.04 bits per heavy atom. The molecular formula is C17H20FN5O. The Labute approximate surface area is 140 Å². The lowest BCUT2D eigenvalue weighted by Gasteiger charge is -2.32. The Morgan fingerprint density at radius 1 is 1.25 bits per heavy atom. The largest absolute Gasteiger partial charge is 0.355 e. The summed E-state index contributed by atoms with van der Waals surface area (Å²) in [5, 5.41) is 5.35. The summed E-state index contributed by atoms with van der Waals surface area (Å²) >= 11 is 0. The van der Waals surface area contributed by atoms with Crippen LogP contribution < -0.4 is 15.5 Å². The van der Waals surface area contributed by atoms with E-state index in [9.17, 15) is 9.18 Å². The molecule has 24 heavy (non-hydrogen) atoms. The van der Waals surface area contributed by atoms with Gasteiger partial charge in [-0.2, -0.15) is 0 Å². The Balaban J connectivity index is 1.42. The van der Waals surface area contributed by atoms with Crippen LogP contribution in [0.3, 0.4) is 0 Å². The van der Waals surface area contributed by atoms with Crippen LogP contribution in [0.25, 0.3) is 0 Å². The van der Waals surface area contributed by atoms with E-state index in [1.807, 2.05) is 0 Å². The topological polar surface area (TPSA) is 70.2 Å². The first-order valence-corrected chi connectivity index (χ1v) is 8.03. The molecule has 0 atom stereocenters. The maximum absolute atomic E-state index is 13.5. The number of hydrogen-bond donors (Lipinski definition) is 2. The number of anilines is 2. The van der Waals surface area contributed by atoms with E-state index in [0.717, 1.165) is 31.7 Å². The van der Waals surface area contributed by atoms with Crippen molar-refractivity contribution < 1.29 is 9.18 Å². The van der Waals surface area contributed by atoms with Gasteiger partial charge in [0.15, 0.2) is 0 Å². The second-order valence-corrected chi connectivity index (χ2v) is 5.81. The number of carbonyl (C=O) groups is 1. The van der Waals surface area contributed by atoms with Gasteiger partial charge in [0.1, 0.15) is 11.6 Å². The van der Waals surface area contributed by atoms with Crippen molar-refractivity contribution in [2.24, 2.45) is 5.92 Å². The molecule has 6 nitrogen and oxygen atoms in total. The van der Waals surface area contributed by atoms with E-state index in [4.69, 9.17) is 0 Å². The summed E-state index contributed by atoms with van der Waals surface area (Å²) < 4.78 is 13.5. The predicted octanol–water partition coefficient (Wildman–Crippen LogP) is 2.65. The van der Waals surface area contributed by atoms with Crippen molar-refractivity contribution in [3.63, 3.8) is 0 Å². The summed E-state index contributed by atoms with van der Waals surface area (Å²) in [6.45, 7) is 2.36. The molecule has 1 fully saturated rings. The average molecular weight is 329 g/mol. The number of carbonyl (C=O) groups excluding carboxylic acids is 1. The van der Waals surface area contributed by atoms with Gasteiger partial charge in [-0.05, 0) is 30.9 Å². The quantitative estimate of drug-likeness (QED) is 0.905. The summed E-state index contributed by atoms with van der Waals surface area (Å²) in [4.78, 5) is 22.5. The van der Waals surface area contributed by atoms with Crippen LogP contribution in [0, 0.1) is 11.7 Å². The first kappa shape index (κ1) is 16.2. The first-order valence-electron chi connectivity index (χ1n) is 8.03. The van der Waals surface area contributed by atoms with Gasteiger partial charge in [0.25, 0.3) is 0 Å². The number of hydrogen-bond acceptors (Lipinski definition) is 4. The van der Waals surface area contributed by atoms with Crippen LogP contribution in [-0.2, 0) is 0 Å². The third kappa shape index (κ3) is 4.18. The monoisotopic (exact) mass is 329 g/mol. The minimum atomic E-state index is -0.440. The van der Waals surface area contributed by atoms with Gasteiger partial charge in [0.2, 0.25) is 0 Å². The molecule has 0 saturated carbocycles. The molecule has 0 unspecified atom stereocenters. The third-order valence-electron chi connectivity index (χ3n) is 4.16. The number of nitrogens with one attached hydrogen (secondary N) is 2. The maximum atomic E-state index is 13.5. The number of urea groups is 1. The molecule has 1 aromatic heterocycles. The lowest BCUT2D eigenvalue weighted by atomic mass is 9.97. The van der Waals surface area contributed by atoms with Gasteiger partial charge in [-0.1, -0.05) is 12.1 Å². The molecule has 3 rings (SSSR count). The molecule has 7 heteroatoms. The number of para-hydroxylation sites is 1. The van der Waals surface area contributed by atoms with Gasteiger partial charge >= 0.3 is 6.03 Å². The molecule has 1 aliphatic heterocycles. The highest BCUT2D eigenvalue weighted by molar-refractivity contribution is 5.89. The summed E-state index contributed by atoms with van der Waals surface area (Å²) in [7, 11) is 0. The summed E-state index contributed by atoms with van der Waals surface area (Å²) in [6.07, 6.45) is 7.05. The molecule has 1 aliphatic rings. The minimum absolute atomic E-state index is 0.187. The van der Waals surface area contributed by atoms with E-state index in [1.54, 1.807) is 30.7 Å². The van der Waals surface area contributed by atoms with Gasteiger partial charge in [-0.3, -0.25) is 4.98 Å². The minimum Gasteiger partial charge on any atom is -0.355 e. The lowest BCUT2D eigenvalue weighted by Crippen LogP contribution is -2.40. The molecule has 0 spiro atoms. The molecule has 2 amide bonds. The molecule has 0 aliphatic carbocycles. The van der Waals surface area contributed by atoms with Crippen molar-refractivity contribution in [2.75, 3.05) is 29.9 Å². The number of halogens is 1. The van der Waals surface area contributed by atoms with E-state index >= 15 is 0 Å². The second-order valence-electron chi connectivity index (χ2n) is 5.81. The number of nitrogens with zero attached hydrogens (tertiary/aromatic N) is 3. The van der Waals surface area contributed by atoms with Crippen LogP contribution in [0.1, 0.15) is 12.8 Å². The van der Waals surface area contributed by atoms with Crippen molar-refractivity contribution in [1.29, 1.82) is 0 Å². The summed E-state index contributed by atoms with van der Waals surface area (Å²) in [6, 6.07) is 5.74. The molecule has 1 aromatic carbocycles. The molecule has 1 saturated heterocycles. The van der Waals surface area contributed by atoms with Crippen LogP contribution in [0.15, 0.2) is 42.9 Å². The highest BCUT2D eigenvalue weighted by Crippen LogP contribution is 2.20. The van der Waals surface area contributed by atoms with E-state index in [0.29, 0.717) is 12.5 Å². The first-order chi connectivity index (χ1) is 11.7. The molecule has 2 aromatic rings. The smallest absolute Gasteiger partial charge is 0.319 e. The van der Waals surface area contributed by atoms with Gasteiger partial charge in [-0.15, -0.1) is 0 Å². The Bertz CT molecular complexity index is 674.